The number of ether oxygens (including phenoxy) is 2. The lowest BCUT2D eigenvalue weighted by molar-refractivity contribution is -0.137. The van der Waals surface area contributed by atoms with Crippen molar-refractivity contribution in [1.29, 1.82) is 0 Å². The van der Waals surface area contributed by atoms with Gasteiger partial charge in [0.05, 0.1) is 19.3 Å². The van der Waals surface area contributed by atoms with E-state index in [9.17, 15) is 18.0 Å². The molecule has 1 amide bonds. The molecular formula is C26H28F3NO3S. The van der Waals surface area contributed by atoms with Crippen molar-refractivity contribution in [2.45, 2.75) is 19.5 Å². The van der Waals surface area contributed by atoms with Crippen LogP contribution in [0.2, 0.25) is 0 Å². The third kappa shape index (κ3) is 7.06. The number of amides is 1. The molecule has 0 unspecified atom stereocenters. The number of alkyl halides is 3. The average molecular weight is 492 g/mol. The van der Waals surface area contributed by atoms with Crippen LogP contribution in [0, 0.1) is 0 Å². The largest absolute Gasteiger partial charge is 0.493 e. The van der Waals surface area contributed by atoms with Gasteiger partial charge in [-0.1, -0.05) is 37.3 Å². The number of allylic oxidation sites excluding steroid dienone is 2. The van der Waals surface area contributed by atoms with Crippen molar-refractivity contribution in [2.75, 3.05) is 38.3 Å². The molecule has 0 saturated carbocycles. The van der Waals surface area contributed by atoms with Crippen LogP contribution in [-0.4, -0.2) is 49.1 Å². The van der Waals surface area contributed by atoms with Crippen molar-refractivity contribution in [3.63, 3.8) is 0 Å². The van der Waals surface area contributed by atoms with Gasteiger partial charge in [-0.15, -0.1) is 0 Å². The number of hydrogen-bond donors (Lipinski definition) is 0. The summed E-state index contributed by atoms with van der Waals surface area (Å²) in [4.78, 5) is 14.8. The molecule has 3 rings (SSSR count). The maximum Gasteiger partial charge on any atom is 0.416 e. The summed E-state index contributed by atoms with van der Waals surface area (Å²) in [6.45, 7) is 3.89. The van der Waals surface area contributed by atoms with Crippen LogP contribution in [0.5, 0.6) is 11.5 Å². The van der Waals surface area contributed by atoms with Crippen LogP contribution in [-0.2, 0) is 11.0 Å². The fourth-order valence-electron chi connectivity index (χ4n) is 3.39. The highest BCUT2D eigenvalue weighted by atomic mass is 32.2. The molecule has 1 saturated heterocycles. The van der Waals surface area contributed by atoms with Crippen molar-refractivity contribution in [3.8, 4) is 11.5 Å². The van der Waals surface area contributed by atoms with Crippen LogP contribution < -0.4 is 9.47 Å². The SMILES string of the molecule is CCCOc1cc(C(C=Cc2ccc(C(F)(F)F)cc2)=CC(=O)N2CCSCC2)ccc1OC. The maximum absolute atomic E-state index is 13.0. The highest BCUT2D eigenvalue weighted by molar-refractivity contribution is 7.99. The minimum Gasteiger partial charge on any atom is -0.493 e. The Hall–Kier alpha value is -2.87. The van der Waals surface area contributed by atoms with Crippen LogP contribution in [0.3, 0.4) is 0 Å². The van der Waals surface area contributed by atoms with E-state index in [4.69, 9.17) is 9.47 Å². The Kier molecular flexibility index (Phi) is 9.10. The van der Waals surface area contributed by atoms with Gasteiger partial charge in [-0.2, -0.15) is 24.9 Å². The predicted octanol–water partition coefficient (Wildman–Crippen LogP) is 6.18. The first-order valence-corrected chi connectivity index (χ1v) is 12.2. The second-order valence-corrected chi connectivity index (χ2v) is 8.93. The smallest absolute Gasteiger partial charge is 0.416 e. The number of rotatable bonds is 8. The van der Waals surface area contributed by atoms with Gasteiger partial charge in [0, 0.05) is 30.7 Å². The molecule has 1 heterocycles. The number of thioether (sulfide) groups is 1. The summed E-state index contributed by atoms with van der Waals surface area (Å²) < 4.78 is 49.8. The zero-order valence-corrected chi connectivity index (χ0v) is 20.0. The summed E-state index contributed by atoms with van der Waals surface area (Å²) in [6, 6.07) is 10.3. The summed E-state index contributed by atoms with van der Waals surface area (Å²) in [5, 5.41) is 0. The van der Waals surface area contributed by atoms with Gasteiger partial charge >= 0.3 is 6.18 Å². The molecule has 0 radical (unpaired) electrons. The molecule has 8 heteroatoms. The Morgan fingerprint density at radius 3 is 2.41 bits per heavy atom. The monoisotopic (exact) mass is 491 g/mol. The lowest BCUT2D eigenvalue weighted by atomic mass is 10.0. The van der Waals surface area contributed by atoms with E-state index in [0.29, 0.717) is 42.3 Å². The first-order valence-electron chi connectivity index (χ1n) is 11.1. The minimum absolute atomic E-state index is 0.0980. The zero-order chi connectivity index (χ0) is 24.6. The topological polar surface area (TPSA) is 38.8 Å². The Labute approximate surface area is 202 Å². The van der Waals surface area contributed by atoms with Crippen molar-refractivity contribution < 1.29 is 27.4 Å². The fourth-order valence-corrected chi connectivity index (χ4v) is 4.29. The summed E-state index contributed by atoms with van der Waals surface area (Å²) in [5.41, 5.74) is 1.27. The Bertz CT molecular complexity index is 1030. The number of carbonyl (C=O) groups is 1. The van der Waals surface area contributed by atoms with Crippen LogP contribution >= 0.6 is 11.8 Å². The minimum atomic E-state index is -4.38. The normalized spacial score (nSPS) is 15.0. The molecule has 1 aliphatic heterocycles. The van der Waals surface area contributed by atoms with Gasteiger partial charge in [-0.05, 0) is 47.4 Å². The molecule has 0 aromatic heterocycles. The molecule has 0 aliphatic carbocycles. The predicted molar refractivity (Wildman–Crippen MR) is 131 cm³/mol. The van der Waals surface area contributed by atoms with Crippen molar-refractivity contribution >= 4 is 29.3 Å². The number of methoxy groups -OCH3 is 1. The molecule has 1 aliphatic rings. The van der Waals surface area contributed by atoms with Crippen molar-refractivity contribution in [1.82, 2.24) is 4.90 Å². The number of nitrogens with zero attached hydrogens (tertiary/aromatic N) is 1. The molecule has 0 N–H and O–H groups in total. The summed E-state index contributed by atoms with van der Waals surface area (Å²) >= 11 is 1.82. The molecule has 4 nitrogen and oxygen atoms in total. The van der Waals surface area contributed by atoms with Gasteiger partial charge in [0.15, 0.2) is 11.5 Å². The highest BCUT2D eigenvalue weighted by Crippen LogP contribution is 2.32. The molecule has 34 heavy (non-hydrogen) atoms. The number of hydrogen-bond acceptors (Lipinski definition) is 4. The lowest BCUT2D eigenvalue weighted by Crippen LogP contribution is -2.36. The van der Waals surface area contributed by atoms with Gasteiger partial charge in [0.1, 0.15) is 0 Å². The van der Waals surface area contributed by atoms with Crippen LogP contribution in [0.4, 0.5) is 13.2 Å². The van der Waals surface area contributed by atoms with Gasteiger partial charge in [-0.3, -0.25) is 4.79 Å². The van der Waals surface area contributed by atoms with Crippen LogP contribution in [0.15, 0.2) is 54.6 Å². The number of carbonyl (C=O) groups excluding carboxylic acids is 1. The van der Waals surface area contributed by atoms with Gasteiger partial charge in [0.25, 0.3) is 0 Å². The third-order valence-corrected chi connectivity index (χ3v) is 6.20. The Morgan fingerprint density at radius 1 is 1.09 bits per heavy atom. The van der Waals surface area contributed by atoms with E-state index in [0.717, 1.165) is 35.6 Å². The Balaban J connectivity index is 1.94. The molecule has 2 aromatic rings. The van der Waals surface area contributed by atoms with E-state index in [2.05, 4.69) is 0 Å². The quantitative estimate of drug-likeness (QED) is 0.327. The highest BCUT2D eigenvalue weighted by Gasteiger charge is 2.29. The molecule has 0 bridgehead atoms. The lowest BCUT2D eigenvalue weighted by Gasteiger charge is -2.25. The second-order valence-electron chi connectivity index (χ2n) is 7.70. The molecule has 0 atom stereocenters. The molecule has 1 fully saturated rings. The van der Waals surface area contributed by atoms with E-state index >= 15 is 0 Å². The van der Waals surface area contributed by atoms with E-state index in [1.165, 1.54) is 12.1 Å². The molecule has 2 aromatic carbocycles. The first kappa shape index (κ1) is 25.7. The fraction of sp³-hybridized carbons (Fsp3) is 0.346. The summed E-state index contributed by atoms with van der Waals surface area (Å²) in [5.74, 6) is 2.85. The van der Waals surface area contributed by atoms with Crippen molar-refractivity contribution in [3.05, 3.63) is 71.3 Å². The first-order chi connectivity index (χ1) is 16.3. The van der Waals surface area contributed by atoms with Crippen LogP contribution in [0.1, 0.15) is 30.0 Å². The molecular weight excluding hydrogens is 463 g/mol. The molecule has 182 valence electrons. The maximum atomic E-state index is 13.0. The van der Waals surface area contributed by atoms with E-state index in [1.54, 1.807) is 36.3 Å². The summed E-state index contributed by atoms with van der Waals surface area (Å²) in [6.07, 6.45) is 1.45. The number of benzene rings is 2. The van der Waals surface area contributed by atoms with Crippen molar-refractivity contribution in [2.24, 2.45) is 0 Å². The van der Waals surface area contributed by atoms with Gasteiger partial charge < -0.3 is 14.4 Å². The average Bonchev–Trinajstić information content (AvgIpc) is 2.85. The summed E-state index contributed by atoms with van der Waals surface area (Å²) in [7, 11) is 1.56. The second kappa shape index (κ2) is 12.0. The zero-order valence-electron chi connectivity index (χ0n) is 19.2. The van der Waals surface area contributed by atoms with E-state index in [1.807, 2.05) is 30.8 Å². The van der Waals surface area contributed by atoms with Gasteiger partial charge in [0.2, 0.25) is 5.91 Å². The number of halogens is 3. The Morgan fingerprint density at radius 2 is 1.79 bits per heavy atom. The molecule has 0 spiro atoms. The van der Waals surface area contributed by atoms with Gasteiger partial charge in [-0.25, -0.2) is 0 Å². The standard InChI is InChI=1S/C26H28F3NO3S/c1-3-14-33-24-17-20(8-11-23(24)32-2)21(18-25(31)30-12-15-34-16-13-30)7-4-19-5-9-22(10-6-19)26(27,28)29/h4-11,17-18H,3,12-16H2,1-2H3. The van der Waals surface area contributed by atoms with E-state index < -0.39 is 11.7 Å². The van der Waals surface area contributed by atoms with E-state index in [-0.39, 0.29) is 5.91 Å². The van der Waals surface area contributed by atoms with Crippen LogP contribution in [0.25, 0.3) is 11.6 Å². The third-order valence-electron chi connectivity index (χ3n) is 5.25.